The Morgan fingerprint density at radius 2 is 1.12 bits per heavy atom. The first-order valence-electron chi connectivity index (χ1n) is 19.8. The fourth-order valence-corrected chi connectivity index (χ4v) is 7.40. The zero-order valence-corrected chi connectivity index (χ0v) is 35.1. The Kier molecular flexibility index (Phi) is 19.6. The summed E-state index contributed by atoms with van der Waals surface area (Å²) < 4.78 is 6.05. The van der Waals surface area contributed by atoms with Gasteiger partial charge in [0.05, 0.1) is 0 Å². The number of ketones is 1. The topological polar surface area (TPSA) is 87.1 Å². The molecule has 0 amide bonds. The molecule has 1 saturated heterocycles. The minimum atomic E-state index is -0.230. The van der Waals surface area contributed by atoms with E-state index in [0.717, 1.165) is 59.1 Å². The fraction of sp³-hybridized carbons (Fsp3) is 0.689. The molecular formula is C45H75NO5. The lowest BCUT2D eigenvalue weighted by Crippen LogP contribution is -2.62. The summed E-state index contributed by atoms with van der Waals surface area (Å²) in [5.74, 6) is 1.67. The van der Waals surface area contributed by atoms with Crippen LogP contribution in [0.5, 0.6) is 11.5 Å². The number of piperidine rings is 1. The number of phenolic OH excluding ortho intramolecular Hbond substituents is 2. The van der Waals surface area contributed by atoms with Gasteiger partial charge in [-0.25, -0.2) is 0 Å². The standard InChI is InChI=1S/C39H59NO5.2C3H8/c1-25(2)17-31-21-29(19-27(5)36(31)43)11-13-33(41)15-16-40-38(7,8)23-34(24-39(40,9)10)45-35(42)14-12-30-20-28(6)37(44)32(22-30)18-26(3)4;2*1-3-2/h19-22,25-26,34,43-44H,11-18,23-24H2,1-10H3;2*3H2,1-2H3. The minimum absolute atomic E-state index is 0.176. The molecule has 0 radical (unpaired) electrons. The van der Waals surface area contributed by atoms with Crippen LogP contribution in [0, 0.1) is 25.7 Å². The van der Waals surface area contributed by atoms with E-state index in [1.165, 1.54) is 12.8 Å². The number of hydrogen-bond acceptors (Lipinski definition) is 6. The van der Waals surface area contributed by atoms with Gasteiger partial charge in [-0.15, -0.1) is 0 Å². The van der Waals surface area contributed by atoms with Crippen LogP contribution in [0.15, 0.2) is 24.3 Å². The molecule has 3 rings (SSSR count). The van der Waals surface area contributed by atoms with E-state index in [0.29, 0.717) is 62.0 Å². The number of ether oxygens (including phenoxy) is 1. The Balaban J connectivity index is 0.00000202. The van der Waals surface area contributed by atoms with Crippen LogP contribution >= 0.6 is 0 Å². The van der Waals surface area contributed by atoms with Gasteiger partial charge < -0.3 is 14.9 Å². The molecule has 1 fully saturated rings. The van der Waals surface area contributed by atoms with Crippen molar-refractivity contribution < 1.29 is 24.5 Å². The van der Waals surface area contributed by atoms with Gasteiger partial charge in [-0.2, -0.15) is 0 Å². The highest BCUT2D eigenvalue weighted by Crippen LogP contribution is 2.40. The smallest absolute Gasteiger partial charge is 0.306 e. The van der Waals surface area contributed by atoms with Crippen LogP contribution in [0.2, 0.25) is 0 Å². The van der Waals surface area contributed by atoms with Crippen LogP contribution in [0.1, 0.15) is 161 Å². The highest BCUT2D eigenvalue weighted by atomic mass is 16.5. The number of benzene rings is 2. The molecule has 6 nitrogen and oxygen atoms in total. The maximum atomic E-state index is 13.0. The third kappa shape index (κ3) is 15.7. The van der Waals surface area contributed by atoms with E-state index in [4.69, 9.17) is 4.74 Å². The largest absolute Gasteiger partial charge is 0.507 e. The maximum Gasteiger partial charge on any atom is 0.306 e. The molecule has 2 aromatic rings. The monoisotopic (exact) mass is 710 g/mol. The lowest BCUT2D eigenvalue weighted by molar-refractivity contribution is -0.160. The fourth-order valence-electron chi connectivity index (χ4n) is 7.40. The molecule has 0 saturated carbocycles. The van der Waals surface area contributed by atoms with Crippen molar-refractivity contribution in [2.24, 2.45) is 11.8 Å². The number of aryl methyl sites for hydroxylation is 4. The molecule has 6 heteroatoms. The number of hydrogen-bond donors (Lipinski definition) is 2. The Morgan fingerprint density at radius 3 is 1.51 bits per heavy atom. The van der Waals surface area contributed by atoms with E-state index in [-0.39, 0.29) is 28.9 Å². The lowest BCUT2D eigenvalue weighted by atomic mass is 9.77. The van der Waals surface area contributed by atoms with Crippen molar-refractivity contribution in [2.45, 2.75) is 185 Å². The number of aromatic hydroxyl groups is 2. The second-order valence-corrected chi connectivity index (χ2v) is 17.0. The van der Waals surface area contributed by atoms with Crippen LogP contribution in [0.25, 0.3) is 0 Å². The summed E-state index contributed by atoms with van der Waals surface area (Å²) in [5.41, 5.74) is 5.31. The van der Waals surface area contributed by atoms with Crippen molar-refractivity contribution >= 4 is 11.8 Å². The first-order valence-corrected chi connectivity index (χ1v) is 19.8. The molecule has 0 atom stereocenters. The molecule has 0 unspecified atom stereocenters. The lowest BCUT2D eigenvalue weighted by Gasteiger charge is -2.55. The molecule has 0 spiro atoms. The van der Waals surface area contributed by atoms with Crippen LogP contribution in [-0.4, -0.2) is 50.6 Å². The number of rotatable bonds is 14. The third-order valence-electron chi connectivity index (χ3n) is 9.27. The molecule has 0 aliphatic carbocycles. The first-order chi connectivity index (χ1) is 23.7. The summed E-state index contributed by atoms with van der Waals surface area (Å²) in [7, 11) is 0. The number of Topliss-reactive ketones (excluding diaryl/α,β-unsaturated/α-hetero) is 1. The number of esters is 1. The van der Waals surface area contributed by atoms with Crippen molar-refractivity contribution in [3.8, 4) is 11.5 Å². The van der Waals surface area contributed by atoms with E-state index in [9.17, 15) is 19.8 Å². The van der Waals surface area contributed by atoms with Gasteiger partial charge in [0, 0.05) is 49.7 Å². The maximum absolute atomic E-state index is 13.0. The Morgan fingerprint density at radius 1 is 0.725 bits per heavy atom. The highest BCUT2D eigenvalue weighted by molar-refractivity contribution is 5.78. The van der Waals surface area contributed by atoms with Gasteiger partial charge in [0.1, 0.15) is 23.4 Å². The molecule has 1 aliphatic heterocycles. The van der Waals surface area contributed by atoms with E-state index in [2.05, 4.69) is 94.1 Å². The zero-order valence-electron chi connectivity index (χ0n) is 35.1. The predicted octanol–water partition coefficient (Wildman–Crippen LogP) is 11.0. The second kappa shape index (κ2) is 21.6. The van der Waals surface area contributed by atoms with Crippen molar-refractivity contribution in [1.82, 2.24) is 4.90 Å². The number of likely N-dealkylation sites (tertiary alicyclic amines) is 1. The second-order valence-electron chi connectivity index (χ2n) is 17.0. The molecule has 290 valence electrons. The van der Waals surface area contributed by atoms with Crippen LogP contribution in [0.4, 0.5) is 0 Å². The number of nitrogens with zero attached hydrogens (tertiary/aromatic N) is 1. The van der Waals surface area contributed by atoms with E-state index >= 15 is 0 Å². The molecule has 1 aliphatic rings. The van der Waals surface area contributed by atoms with Gasteiger partial charge >= 0.3 is 5.97 Å². The summed E-state index contributed by atoms with van der Waals surface area (Å²) in [6.07, 6.45) is 7.93. The molecule has 0 bridgehead atoms. The van der Waals surface area contributed by atoms with Gasteiger partial charge in [-0.3, -0.25) is 14.5 Å². The van der Waals surface area contributed by atoms with Gasteiger partial charge in [0.25, 0.3) is 0 Å². The summed E-state index contributed by atoms with van der Waals surface area (Å²) in [4.78, 5) is 28.4. The van der Waals surface area contributed by atoms with Crippen molar-refractivity contribution in [3.05, 3.63) is 57.6 Å². The van der Waals surface area contributed by atoms with Crippen molar-refractivity contribution in [3.63, 3.8) is 0 Å². The Hall–Kier alpha value is -2.86. The van der Waals surface area contributed by atoms with Crippen LogP contribution in [-0.2, 0) is 40.0 Å². The van der Waals surface area contributed by atoms with Crippen LogP contribution in [0.3, 0.4) is 0 Å². The highest BCUT2D eigenvalue weighted by Gasteiger charge is 2.46. The minimum Gasteiger partial charge on any atom is -0.507 e. The molecule has 2 aromatic carbocycles. The average molecular weight is 710 g/mol. The molecule has 0 aromatic heterocycles. The summed E-state index contributed by atoms with van der Waals surface area (Å²) in [6.45, 7) is 30.3. The van der Waals surface area contributed by atoms with Crippen molar-refractivity contribution in [1.29, 1.82) is 0 Å². The van der Waals surface area contributed by atoms with Gasteiger partial charge in [-0.05, 0) is 112 Å². The average Bonchev–Trinajstić information content (AvgIpc) is 2.99. The molecule has 1 heterocycles. The van der Waals surface area contributed by atoms with E-state index < -0.39 is 0 Å². The van der Waals surface area contributed by atoms with Crippen LogP contribution < -0.4 is 0 Å². The Bertz CT molecular complexity index is 1350. The summed E-state index contributed by atoms with van der Waals surface area (Å²) in [5, 5.41) is 20.9. The third-order valence-corrected chi connectivity index (χ3v) is 9.27. The predicted molar refractivity (Wildman–Crippen MR) is 215 cm³/mol. The normalized spacial score (nSPS) is 15.5. The van der Waals surface area contributed by atoms with Gasteiger partial charge in [0.2, 0.25) is 0 Å². The molecule has 2 N–H and O–H groups in total. The SMILES string of the molecule is CCC.CCC.Cc1cc(CCC(=O)CCN2C(C)(C)CC(OC(=O)CCc3cc(C)c(O)c(CC(C)C)c3)CC2(C)C)cc(CC(C)C)c1O. The summed E-state index contributed by atoms with van der Waals surface area (Å²) >= 11 is 0. The Labute approximate surface area is 312 Å². The van der Waals surface area contributed by atoms with Crippen molar-refractivity contribution in [2.75, 3.05) is 6.54 Å². The number of phenols is 2. The number of carbonyl (C=O) groups is 2. The van der Waals surface area contributed by atoms with E-state index in [1.54, 1.807) is 0 Å². The summed E-state index contributed by atoms with van der Waals surface area (Å²) in [6, 6.07) is 8.05. The first kappa shape index (κ1) is 46.2. The van der Waals surface area contributed by atoms with Gasteiger partial charge in [0.15, 0.2) is 0 Å². The van der Waals surface area contributed by atoms with E-state index in [1.807, 2.05) is 32.0 Å². The molecular weight excluding hydrogens is 634 g/mol. The molecule has 51 heavy (non-hydrogen) atoms. The quantitative estimate of drug-likeness (QED) is 0.190. The van der Waals surface area contributed by atoms with Gasteiger partial charge in [-0.1, -0.05) is 92.5 Å². The number of carbonyl (C=O) groups excluding carboxylic acids is 2. The zero-order chi connectivity index (χ0) is 39.1.